The van der Waals surface area contributed by atoms with E-state index in [1.54, 1.807) is 24.3 Å². The summed E-state index contributed by atoms with van der Waals surface area (Å²) in [6, 6.07) is 6.48. The highest BCUT2D eigenvalue weighted by molar-refractivity contribution is 6.70. The lowest BCUT2D eigenvalue weighted by Gasteiger charge is -2.23. The third-order valence-corrected chi connectivity index (χ3v) is 3.23. The van der Waals surface area contributed by atoms with Crippen LogP contribution in [0.3, 0.4) is 0 Å². The van der Waals surface area contributed by atoms with Crippen molar-refractivity contribution in [2.75, 3.05) is 13.2 Å². The fraction of sp³-hybridized carbons (Fsp3) is 0.400. The highest BCUT2D eigenvalue weighted by Gasteiger charge is 2.29. The van der Waals surface area contributed by atoms with Crippen molar-refractivity contribution >= 4 is 22.9 Å². The second-order valence-corrected chi connectivity index (χ2v) is 5.66. The molecule has 0 unspecified atom stereocenters. The minimum Gasteiger partial charge on any atom is -0.458 e. The number of aliphatic hydroxyl groups excluding tert-OH is 2. The molecule has 1 aliphatic heterocycles. The van der Waals surface area contributed by atoms with Crippen LogP contribution in [0.1, 0.15) is 13.8 Å². The molecule has 24 heavy (non-hydrogen) atoms. The van der Waals surface area contributed by atoms with E-state index >= 15 is 0 Å². The molecule has 0 saturated carbocycles. The number of hydrogen-bond acceptors (Lipinski definition) is 8. The van der Waals surface area contributed by atoms with Crippen LogP contribution in [0.5, 0.6) is 5.75 Å². The highest BCUT2D eigenvalue weighted by atomic mass is 16.5. The van der Waals surface area contributed by atoms with Gasteiger partial charge in [0.1, 0.15) is 23.8 Å². The van der Waals surface area contributed by atoms with Gasteiger partial charge < -0.3 is 14.9 Å². The summed E-state index contributed by atoms with van der Waals surface area (Å²) in [5.74, 6) is -1.15. The zero-order chi connectivity index (χ0) is 17.9. The van der Waals surface area contributed by atoms with Crippen molar-refractivity contribution in [1.29, 1.82) is 5.41 Å². The van der Waals surface area contributed by atoms with Crippen molar-refractivity contribution in [3.05, 3.63) is 24.3 Å². The normalized spacial score (nSPS) is 17.0. The summed E-state index contributed by atoms with van der Waals surface area (Å²) >= 11 is 0. The number of amidine groups is 1. The smallest absolute Gasteiger partial charge is 0.236 e. The Labute approximate surface area is 139 Å². The number of nitrogens with one attached hydrogen (secondary N) is 1. The molecule has 0 aliphatic carbocycles. The zero-order valence-corrected chi connectivity index (χ0v) is 13.6. The van der Waals surface area contributed by atoms with Gasteiger partial charge in [-0.1, -0.05) is 0 Å². The van der Waals surface area contributed by atoms with E-state index in [-0.39, 0.29) is 18.5 Å². The van der Waals surface area contributed by atoms with Crippen LogP contribution >= 0.6 is 0 Å². The Kier molecular flexibility index (Phi) is 5.30. The Bertz CT molecular complexity index is 666. The molecule has 0 atom stereocenters. The van der Waals surface area contributed by atoms with E-state index in [0.29, 0.717) is 22.9 Å². The molecule has 9 heteroatoms. The minimum atomic E-state index is -1.66. The summed E-state index contributed by atoms with van der Waals surface area (Å²) < 4.78 is 5.23. The Morgan fingerprint density at radius 2 is 1.92 bits per heavy atom. The number of hydrazone groups is 1. The Hall–Kier alpha value is -2.33. The van der Waals surface area contributed by atoms with E-state index in [1.165, 1.54) is 5.01 Å². The molecule has 2 rings (SSSR count). The predicted octanol–water partition coefficient (Wildman–Crippen LogP) is -0.249. The average Bonchev–Trinajstić information content (AvgIpc) is 2.85. The van der Waals surface area contributed by atoms with Crippen LogP contribution in [0.2, 0.25) is 0 Å². The standard InChI is InChI=1S/C15H22N6O3/c1-9(2)21-14(16)13(12(7-22)20-21)19-10-3-5-11(6-4-10)24-15(17,18)8-23/h3-6,9,16,22-23H,7-8,17-18H2,1-2H3. The molecular weight excluding hydrogens is 312 g/mol. The lowest BCUT2D eigenvalue weighted by atomic mass is 10.2. The lowest BCUT2D eigenvalue weighted by Crippen LogP contribution is -2.57. The number of ether oxygens (including phenoxy) is 1. The maximum absolute atomic E-state index is 9.42. The molecule has 1 heterocycles. The van der Waals surface area contributed by atoms with Gasteiger partial charge in [0.2, 0.25) is 5.85 Å². The molecule has 7 N–H and O–H groups in total. The zero-order valence-electron chi connectivity index (χ0n) is 13.6. The minimum absolute atomic E-state index is 0.0109. The summed E-state index contributed by atoms with van der Waals surface area (Å²) in [7, 11) is 0. The molecule has 9 nitrogen and oxygen atoms in total. The van der Waals surface area contributed by atoms with Gasteiger partial charge in [0.25, 0.3) is 0 Å². The first-order valence-corrected chi connectivity index (χ1v) is 7.40. The van der Waals surface area contributed by atoms with Gasteiger partial charge in [0.05, 0.1) is 12.3 Å². The molecule has 0 spiro atoms. The third kappa shape index (κ3) is 3.95. The molecule has 0 saturated heterocycles. The molecule has 1 aliphatic rings. The van der Waals surface area contributed by atoms with Gasteiger partial charge in [-0.25, -0.2) is 10.0 Å². The van der Waals surface area contributed by atoms with E-state index < -0.39 is 12.5 Å². The van der Waals surface area contributed by atoms with Gasteiger partial charge in [-0.2, -0.15) is 5.10 Å². The Morgan fingerprint density at radius 1 is 1.29 bits per heavy atom. The molecule has 0 amide bonds. The molecule has 0 fully saturated rings. The molecule has 0 bridgehead atoms. The van der Waals surface area contributed by atoms with Crippen LogP contribution in [-0.2, 0) is 0 Å². The summed E-state index contributed by atoms with van der Waals surface area (Å²) in [5.41, 5.74) is 12.3. The fourth-order valence-electron chi connectivity index (χ4n) is 2.04. The van der Waals surface area contributed by atoms with Crippen LogP contribution in [0, 0.1) is 5.41 Å². The summed E-state index contributed by atoms with van der Waals surface area (Å²) in [5, 5.41) is 32.3. The second kappa shape index (κ2) is 7.05. The molecule has 0 radical (unpaired) electrons. The Morgan fingerprint density at radius 3 is 2.42 bits per heavy atom. The highest BCUT2D eigenvalue weighted by Crippen LogP contribution is 2.21. The van der Waals surface area contributed by atoms with Crippen LogP contribution in [0.15, 0.2) is 34.4 Å². The first-order valence-electron chi connectivity index (χ1n) is 7.40. The van der Waals surface area contributed by atoms with Crippen molar-refractivity contribution in [2.45, 2.75) is 25.7 Å². The number of aliphatic hydroxyl groups is 2. The lowest BCUT2D eigenvalue weighted by molar-refractivity contribution is 0.0198. The summed E-state index contributed by atoms with van der Waals surface area (Å²) in [6.45, 7) is 2.96. The van der Waals surface area contributed by atoms with Crippen molar-refractivity contribution in [3.8, 4) is 5.75 Å². The predicted molar refractivity (Wildman–Crippen MR) is 91.6 cm³/mol. The van der Waals surface area contributed by atoms with Crippen molar-refractivity contribution < 1.29 is 14.9 Å². The van der Waals surface area contributed by atoms with Gasteiger partial charge >= 0.3 is 0 Å². The third-order valence-electron chi connectivity index (χ3n) is 3.23. The molecular formula is C15H22N6O3. The van der Waals surface area contributed by atoms with Crippen LogP contribution < -0.4 is 16.2 Å². The van der Waals surface area contributed by atoms with E-state index in [1.807, 2.05) is 13.8 Å². The van der Waals surface area contributed by atoms with Gasteiger partial charge in [-0.05, 0) is 38.1 Å². The topological polar surface area (TPSA) is 154 Å². The molecule has 1 aromatic rings. The maximum atomic E-state index is 9.42. The van der Waals surface area contributed by atoms with E-state index in [4.69, 9.17) is 26.7 Å². The molecule has 1 aromatic carbocycles. The van der Waals surface area contributed by atoms with E-state index in [0.717, 1.165) is 0 Å². The Balaban J connectivity index is 2.22. The summed E-state index contributed by atoms with van der Waals surface area (Å²) in [4.78, 5) is 4.37. The van der Waals surface area contributed by atoms with E-state index in [2.05, 4.69) is 10.1 Å². The maximum Gasteiger partial charge on any atom is 0.236 e. The number of rotatable bonds is 6. The monoisotopic (exact) mass is 334 g/mol. The second-order valence-electron chi connectivity index (χ2n) is 5.66. The number of nitrogens with two attached hydrogens (primary N) is 2. The van der Waals surface area contributed by atoms with E-state index in [9.17, 15) is 5.11 Å². The number of nitrogens with zero attached hydrogens (tertiary/aromatic N) is 3. The quantitative estimate of drug-likeness (QED) is 0.452. The van der Waals surface area contributed by atoms with Crippen LogP contribution in [0.4, 0.5) is 5.69 Å². The SMILES string of the molecule is CC(C)N1N=C(CO)C(=Nc2ccc(OC(N)(N)CO)cc2)C1=N. The van der Waals surface area contributed by atoms with Gasteiger partial charge in [0, 0.05) is 6.04 Å². The summed E-state index contributed by atoms with van der Waals surface area (Å²) in [6.07, 6.45) is 0. The number of hydrogen-bond donors (Lipinski definition) is 5. The molecule has 0 aromatic heterocycles. The van der Waals surface area contributed by atoms with Crippen LogP contribution in [-0.4, -0.2) is 57.6 Å². The fourth-order valence-corrected chi connectivity index (χ4v) is 2.04. The van der Waals surface area contributed by atoms with Crippen molar-refractivity contribution in [1.82, 2.24) is 5.01 Å². The van der Waals surface area contributed by atoms with Gasteiger partial charge in [0.15, 0.2) is 5.84 Å². The van der Waals surface area contributed by atoms with Crippen LogP contribution in [0.25, 0.3) is 0 Å². The average molecular weight is 334 g/mol. The molecule has 130 valence electrons. The largest absolute Gasteiger partial charge is 0.458 e. The van der Waals surface area contributed by atoms with Gasteiger partial charge in [-0.15, -0.1) is 0 Å². The van der Waals surface area contributed by atoms with Crippen molar-refractivity contribution in [2.24, 2.45) is 21.6 Å². The van der Waals surface area contributed by atoms with Crippen molar-refractivity contribution in [3.63, 3.8) is 0 Å². The number of benzene rings is 1. The first kappa shape index (κ1) is 18.0. The number of aliphatic imine (C=N–C) groups is 1. The van der Waals surface area contributed by atoms with Gasteiger partial charge in [-0.3, -0.25) is 16.9 Å². The first-order chi connectivity index (χ1) is 11.3.